The molecule has 0 radical (unpaired) electrons. The standard InChI is InChI=1S/C21H15ClN2O6/c1-2-21(27)12-4-14-18-10(6-24(14)19(25)11(12)7-28-20(21)26)17(22)9-3-15-16(30-8-29-15)5-13(9)23-18/h3-5,27H,2,6-8H2,1H3/t21-/m0/s1. The number of aromatic nitrogens is 2. The third-order valence-electron chi connectivity index (χ3n) is 6.11. The first kappa shape index (κ1) is 17.7. The van der Waals surface area contributed by atoms with Crippen molar-refractivity contribution in [3.8, 4) is 22.9 Å². The molecular formula is C21H15ClN2O6. The van der Waals surface area contributed by atoms with Crippen molar-refractivity contribution in [1.29, 1.82) is 0 Å². The minimum atomic E-state index is -1.86. The number of nitrogens with zero attached hydrogens (tertiary/aromatic N) is 2. The molecule has 30 heavy (non-hydrogen) atoms. The van der Waals surface area contributed by atoms with Crippen LogP contribution >= 0.6 is 11.6 Å². The van der Waals surface area contributed by atoms with Crippen LogP contribution in [0.5, 0.6) is 11.5 Å². The lowest BCUT2D eigenvalue weighted by molar-refractivity contribution is -0.172. The summed E-state index contributed by atoms with van der Waals surface area (Å²) >= 11 is 6.72. The van der Waals surface area contributed by atoms with Crippen LogP contribution in [0.25, 0.3) is 22.3 Å². The van der Waals surface area contributed by atoms with Gasteiger partial charge in [0, 0.05) is 22.6 Å². The quantitative estimate of drug-likeness (QED) is 0.467. The van der Waals surface area contributed by atoms with E-state index in [1.165, 1.54) is 0 Å². The molecule has 6 rings (SSSR count). The van der Waals surface area contributed by atoms with Crippen molar-refractivity contribution >= 4 is 28.5 Å². The SMILES string of the molecule is CC[C@@]1(O)C(=O)OCc2c1cc1n(c2=O)Cc2c-1nc1cc3c(cc1c2Cl)OCO3. The number of rotatable bonds is 1. The number of fused-ring (bicyclic) bond motifs is 6. The van der Waals surface area contributed by atoms with Crippen LogP contribution in [0.1, 0.15) is 30.0 Å². The van der Waals surface area contributed by atoms with Gasteiger partial charge in [-0.15, -0.1) is 0 Å². The van der Waals surface area contributed by atoms with Gasteiger partial charge in [-0.3, -0.25) is 4.79 Å². The molecule has 0 amide bonds. The Balaban J connectivity index is 1.64. The molecule has 3 aliphatic rings. The smallest absolute Gasteiger partial charge is 0.343 e. The van der Waals surface area contributed by atoms with Gasteiger partial charge in [0.1, 0.15) is 6.61 Å². The lowest BCUT2D eigenvalue weighted by Gasteiger charge is -2.31. The van der Waals surface area contributed by atoms with Gasteiger partial charge in [-0.2, -0.15) is 0 Å². The van der Waals surface area contributed by atoms with E-state index in [-0.39, 0.29) is 43.1 Å². The molecule has 0 saturated heterocycles. The molecule has 3 aromatic rings. The fraction of sp³-hybridized carbons (Fsp3) is 0.286. The summed E-state index contributed by atoms with van der Waals surface area (Å²) in [7, 11) is 0. The fourth-order valence-corrected chi connectivity index (χ4v) is 4.72. The van der Waals surface area contributed by atoms with E-state index >= 15 is 0 Å². The molecule has 3 aliphatic heterocycles. The number of benzene rings is 1. The summed E-state index contributed by atoms with van der Waals surface area (Å²) in [6.07, 6.45) is 0.0873. The summed E-state index contributed by atoms with van der Waals surface area (Å²) in [6.45, 7) is 1.88. The zero-order valence-electron chi connectivity index (χ0n) is 15.8. The van der Waals surface area contributed by atoms with Crippen LogP contribution in [0.2, 0.25) is 5.02 Å². The number of hydrogen-bond acceptors (Lipinski definition) is 7. The second-order valence-corrected chi connectivity index (χ2v) is 7.96. The number of aliphatic hydroxyl groups is 1. The van der Waals surface area contributed by atoms with Gasteiger partial charge in [0.25, 0.3) is 5.56 Å². The Morgan fingerprint density at radius 3 is 2.70 bits per heavy atom. The normalized spacial score (nSPS) is 20.7. The van der Waals surface area contributed by atoms with E-state index < -0.39 is 11.6 Å². The molecule has 0 saturated carbocycles. The Bertz CT molecular complexity index is 1360. The highest BCUT2D eigenvalue weighted by molar-refractivity contribution is 6.36. The average molecular weight is 427 g/mol. The molecule has 152 valence electrons. The number of halogens is 1. The third kappa shape index (κ3) is 2.07. The highest BCUT2D eigenvalue weighted by atomic mass is 35.5. The highest BCUT2D eigenvalue weighted by Crippen LogP contribution is 2.44. The van der Waals surface area contributed by atoms with Crippen LogP contribution in [0.4, 0.5) is 0 Å². The van der Waals surface area contributed by atoms with Crippen LogP contribution in [0.3, 0.4) is 0 Å². The Hall–Kier alpha value is -3.10. The lowest BCUT2D eigenvalue weighted by atomic mass is 9.86. The van der Waals surface area contributed by atoms with Crippen LogP contribution in [0, 0.1) is 0 Å². The van der Waals surface area contributed by atoms with Crippen molar-refractivity contribution in [2.45, 2.75) is 32.1 Å². The van der Waals surface area contributed by atoms with E-state index in [9.17, 15) is 14.7 Å². The monoisotopic (exact) mass is 426 g/mol. The zero-order chi connectivity index (χ0) is 20.8. The van der Waals surface area contributed by atoms with E-state index in [4.69, 9.17) is 30.8 Å². The average Bonchev–Trinajstić information content (AvgIpc) is 3.35. The minimum Gasteiger partial charge on any atom is -0.458 e. The molecule has 1 N–H and O–H groups in total. The minimum absolute atomic E-state index is 0.0873. The summed E-state index contributed by atoms with van der Waals surface area (Å²) < 4.78 is 17.5. The van der Waals surface area contributed by atoms with Gasteiger partial charge in [0.2, 0.25) is 6.79 Å². The topological polar surface area (TPSA) is 99.9 Å². The molecular weight excluding hydrogens is 412 g/mol. The second-order valence-electron chi connectivity index (χ2n) is 7.58. The summed E-state index contributed by atoms with van der Waals surface area (Å²) in [5.74, 6) is 0.421. The van der Waals surface area contributed by atoms with E-state index in [0.29, 0.717) is 44.4 Å². The summed E-state index contributed by atoms with van der Waals surface area (Å²) in [6, 6.07) is 5.20. The fourth-order valence-electron chi connectivity index (χ4n) is 4.42. The highest BCUT2D eigenvalue weighted by Gasteiger charge is 2.45. The maximum atomic E-state index is 13.2. The molecule has 1 aromatic carbocycles. The van der Waals surface area contributed by atoms with E-state index in [1.54, 1.807) is 29.7 Å². The molecule has 0 fully saturated rings. The van der Waals surface area contributed by atoms with Gasteiger partial charge >= 0.3 is 5.97 Å². The van der Waals surface area contributed by atoms with Crippen LogP contribution in [-0.4, -0.2) is 27.4 Å². The predicted octanol–water partition coefficient (Wildman–Crippen LogP) is 2.46. The van der Waals surface area contributed by atoms with Crippen LogP contribution in [-0.2, 0) is 28.3 Å². The van der Waals surface area contributed by atoms with Crippen molar-refractivity contribution in [2.75, 3.05) is 6.79 Å². The van der Waals surface area contributed by atoms with E-state index in [1.807, 2.05) is 0 Å². The van der Waals surface area contributed by atoms with Crippen molar-refractivity contribution < 1.29 is 24.1 Å². The van der Waals surface area contributed by atoms with E-state index in [0.717, 1.165) is 0 Å². The van der Waals surface area contributed by atoms with Crippen LogP contribution < -0.4 is 15.0 Å². The first-order valence-electron chi connectivity index (χ1n) is 9.51. The van der Waals surface area contributed by atoms with E-state index in [2.05, 4.69) is 0 Å². The summed E-state index contributed by atoms with van der Waals surface area (Å²) in [5, 5.41) is 12.1. The molecule has 0 unspecified atom stereocenters. The van der Waals surface area contributed by atoms with Crippen LogP contribution in [0.15, 0.2) is 23.0 Å². The number of ether oxygens (including phenoxy) is 3. The second kappa shape index (κ2) is 5.74. The van der Waals surface area contributed by atoms with Gasteiger partial charge < -0.3 is 23.9 Å². The molecule has 9 heteroatoms. The van der Waals surface area contributed by atoms with Crippen molar-refractivity contribution in [2.24, 2.45) is 0 Å². The molecule has 8 nitrogen and oxygen atoms in total. The van der Waals surface area contributed by atoms with Crippen molar-refractivity contribution in [1.82, 2.24) is 9.55 Å². The van der Waals surface area contributed by atoms with Gasteiger partial charge in [0.15, 0.2) is 17.1 Å². The Morgan fingerprint density at radius 1 is 1.17 bits per heavy atom. The Labute approximate surface area is 174 Å². The molecule has 5 heterocycles. The molecule has 1 atom stereocenters. The number of cyclic esters (lactones) is 1. The molecule has 0 aliphatic carbocycles. The zero-order valence-corrected chi connectivity index (χ0v) is 16.6. The summed E-state index contributed by atoms with van der Waals surface area (Å²) in [4.78, 5) is 30.2. The van der Waals surface area contributed by atoms with Gasteiger partial charge in [-0.1, -0.05) is 18.5 Å². The molecule has 0 spiro atoms. The Kier molecular flexibility index (Phi) is 3.39. The maximum absolute atomic E-state index is 13.2. The molecule has 2 aromatic heterocycles. The Morgan fingerprint density at radius 2 is 1.93 bits per heavy atom. The first-order valence-corrected chi connectivity index (χ1v) is 9.89. The first-order chi connectivity index (χ1) is 14.4. The number of esters is 1. The summed E-state index contributed by atoms with van der Waals surface area (Å²) in [5.41, 5.74) is 0.722. The van der Waals surface area contributed by atoms with Gasteiger partial charge in [0.05, 0.1) is 34.0 Å². The number of carbonyl (C=O) groups excluding carboxylic acids is 1. The van der Waals surface area contributed by atoms with Gasteiger partial charge in [-0.05, 0) is 18.6 Å². The van der Waals surface area contributed by atoms with Crippen molar-refractivity contribution in [3.05, 3.63) is 50.3 Å². The molecule has 0 bridgehead atoms. The number of pyridine rings is 2. The number of hydrogen-bond donors (Lipinski definition) is 1. The van der Waals surface area contributed by atoms with Gasteiger partial charge in [-0.25, -0.2) is 9.78 Å². The number of carbonyl (C=O) groups is 1. The van der Waals surface area contributed by atoms with Crippen molar-refractivity contribution in [3.63, 3.8) is 0 Å². The third-order valence-corrected chi connectivity index (χ3v) is 6.54. The largest absolute Gasteiger partial charge is 0.458 e. The predicted molar refractivity (Wildman–Crippen MR) is 106 cm³/mol. The lowest BCUT2D eigenvalue weighted by Crippen LogP contribution is -2.44. The maximum Gasteiger partial charge on any atom is 0.343 e.